The van der Waals surface area contributed by atoms with Crippen molar-refractivity contribution in [1.29, 1.82) is 0 Å². The molecule has 1 aliphatic heterocycles. The van der Waals surface area contributed by atoms with Gasteiger partial charge in [-0.1, -0.05) is 6.07 Å². The van der Waals surface area contributed by atoms with Crippen molar-refractivity contribution in [2.75, 3.05) is 18.4 Å². The quantitative estimate of drug-likeness (QED) is 0.579. The number of carbonyl (C=O) groups excluding carboxylic acids is 1. The van der Waals surface area contributed by atoms with Crippen LogP contribution in [-0.4, -0.2) is 43.4 Å². The van der Waals surface area contributed by atoms with Gasteiger partial charge in [-0.25, -0.2) is 19.2 Å². The summed E-state index contributed by atoms with van der Waals surface area (Å²) in [4.78, 5) is 26.8. The first-order chi connectivity index (χ1) is 14.2. The van der Waals surface area contributed by atoms with Gasteiger partial charge in [0.2, 0.25) is 5.78 Å². The molecule has 0 saturated carbocycles. The summed E-state index contributed by atoms with van der Waals surface area (Å²) in [7, 11) is 0. The van der Waals surface area contributed by atoms with Gasteiger partial charge in [-0.15, -0.1) is 0 Å². The third-order valence-electron chi connectivity index (χ3n) is 4.94. The molecule has 8 heteroatoms. The maximum Gasteiger partial charge on any atom is 0.321 e. The van der Waals surface area contributed by atoms with E-state index in [1.54, 1.807) is 46.2 Å². The van der Waals surface area contributed by atoms with E-state index in [9.17, 15) is 9.18 Å². The van der Waals surface area contributed by atoms with E-state index in [-0.39, 0.29) is 6.03 Å². The van der Waals surface area contributed by atoms with E-state index < -0.39 is 5.82 Å². The standard InChI is InChI=1S/C21H17FN6O/c22-18-5-4-16(25-21(29)27-7-2-8-27)9-17(18)19-13-28-12-15(11-24-20(28)26-19)14-3-1-6-23-10-14/h1,3-6,9-13H,2,7-8H2,(H,25,29). The van der Waals surface area contributed by atoms with E-state index in [4.69, 9.17) is 0 Å². The number of pyridine rings is 1. The minimum Gasteiger partial charge on any atom is -0.324 e. The maximum absolute atomic E-state index is 14.5. The fraction of sp³-hybridized carbons (Fsp3) is 0.143. The van der Waals surface area contributed by atoms with Gasteiger partial charge in [0.05, 0.1) is 5.69 Å². The molecule has 1 N–H and O–H groups in total. The molecule has 0 atom stereocenters. The molecule has 1 saturated heterocycles. The van der Waals surface area contributed by atoms with E-state index in [1.807, 2.05) is 18.3 Å². The summed E-state index contributed by atoms with van der Waals surface area (Å²) in [6, 6.07) is 8.10. The van der Waals surface area contributed by atoms with Gasteiger partial charge >= 0.3 is 6.03 Å². The van der Waals surface area contributed by atoms with Crippen molar-refractivity contribution < 1.29 is 9.18 Å². The first-order valence-corrected chi connectivity index (χ1v) is 9.28. The molecule has 144 valence electrons. The molecule has 4 aromatic rings. The topological polar surface area (TPSA) is 75.4 Å². The Morgan fingerprint density at radius 3 is 2.76 bits per heavy atom. The van der Waals surface area contributed by atoms with Gasteiger partial charge < -0.3 is 10.2 Å². The number of nitrogens with one attached hydrogen (secondary N) is 1. The van der Waals surface area contributed by atoms with Gasteiger partial charge in [0.15, 0.2) is 0 Å². The van der Waals surface area contributed by atoms with Crippen LogP contribution in [0.2, 0.25) is 0 Å². The van der Waals surface area contributed by atoms with Crippen molar-refractivity contribution in [2.24, 2.45) is 0 Å². The smallest absolute Gasteiger partial charge is 0.321 e. The predicted molar refractivity (Wildman–Crippen MR) is 107 cm³/mol. The Kier molecular flexibility index (Phi) is 4.16. The Morgan fingerprint density at radius 1 is 1.10 bits per heavy atom. The lowest BCUT2D eigenvalue weighted by molar-refractivity contribution is 0.181. The highest BCUT2D eigenvalue weighted by atomic mass is 19.1. The molecule has 0 spiro atoms. The normalized spacial score (nSPS) is 13.3. The molecule has 1 aromatic carbocycles. The molecule has 3 aromatic heterocycles. The molecule has 5 rings (SSSR count). The Labute approximate surface area is 165 Å². The first-order valence-electron chi connectivity index (χ1n) is 9.28. The summed E-state index contributed by atoms with van der Waals surface area (Å²) in [6.07, 6.45) is 9.79. The van der Waals surface area contributed by atoms with Crippen LogP contribution in [0, 0.1) is 5.82 Å². The van der Waals surface area contributed by atoms with Crippen molar-refractivity contribution >= 4 is 17.5 Å². The Bertz CT molecular complexity index is 1200. The number of urea groups is 1. The summed E-state index contributed by atoms with van der Waals surface area (Å²) in [5.41, 5.74) is 3.09. The summed E-state index contributed by atoms with van der Waals surface area (Å²) in [5.74, 6) is 0.0462. The highest BCUT2D eigenvalue weighted by Crippen LogP contribution is 2.27. The molecule has 29 heavy (non-hydrogen) atoms. The number of benzene rings is 1. The lowest BCUT2D eigenvalue weighted by Gasteiger charge is -2.30. The van der Waals surface area contributed by atoms with E-state index >= 15 is 0 Å². The van der Waals surface area contributed by atoms with Gasteiger partial charge in [-0.05, 0) is 30.7 Å². The average molecular weight is 388 g/mol. The number of carbonyl (C=O) groups is 1. The summed E-state index contributed by atoms with van der Waals surface area (Å²) < 4.78 is 16.3. The molecule has 2 amide bonds. The highest BCUT2D eigenvalue weighted by molar-refractivity contribution is 5.90. The van der Waals surface area contributed by atoms with Crippen LogP contribution in [0.25, 0.3) is 28.2 Å². The summed E-state index contributed by atoms with van der Waals surface area (Å²) in [6.45, 7) is 1.49. The minimum absolute atomic E-state index is 0.174. The molecule has 4 heterocycles. The van der Waals surface area contributed by atoms with Crippen molar-refractivity contribution in [1.82, 2.24) is 24.3 Å². The van der Waals surface area contributed by atoms with Crippen molar-refractivity contribution in [3.63, 3.8) is 0 Å². The predicted octanol–water partition coefficient (Wildman–Crippen LogP) is 3.84. The molecule has 0 radical (unpaired) electrons. The van der Waals surface area contributed by atoms with Gasteiger partial charge in [0.1, 0.15) is 5.82 Å². The van der Waals surface area contributed by atoms with Crippen LogP contribution in [0.3, 0.4) is 0 Å². The SMILES string of the molecule is O=C(Nc1ccc(F)c(-c2cn3cc(-c4cccnc4)cnc3n2)c1)N1CCC1. The highest BCUT2D eigenvalue weighted by Gasteiger charge is 2.20. The minimum atomic E-state index is -0.414. The van der Waals surface area contributed by atoms with Gasteiger partial charge in [-0.3, -0.25) is 9.38 Å². The zero-order valence-electron chi connectivity index (χ0n) is 15.4. The molecule has 7 nitrogen and oxygen atoms in total. The first kappa shape index (κ1) is 17.3. The third kappa shape index (κ3) is 3.29. The number of nitrogens with zero attached hydrogens (tertiary/aromatic N) is 5. The van der Waals surface area contributed by atoms with Gasteiger partial charge in [0, 0.05) is 66.5 Å². The Hall–Kier alpha value is -3.81. The number of aromatic nitrogens is 4. The number of rotatable bonds is 3. The molecule has 0 aliphatic carbocycles. The number of halogens is 1. The lowest BCUT2D eigenvalue weighted by Crippen LogP contribution is -2.44. The van der Waals surface area contributed by atoms with Crippen LogP contribution >= 0.6 is 0 Å². The molecule has 1 fully saturated rings. The van der Waals surface area contributed by atoms with Crippen molar-refractivity contribution in [3.05, 3.63) is 67.1 Å². The maximum atomic E-state index is 14.5. The van der Waals surface area contributed by atoms with Crippen LogP contribution in [0.5, 0.6) is 0 Å². The molecule has 0 unspecified atom stereocenters. The second-order valence-electron chi connectivity index (χ2n) is 6.88. The summed E-state index contributed by atoms with van der Waals surface area (Å²) >= 11 is 0. The van der Waals surface area contributed by atoms with Gasteiger partial charge in [-0.2, -0.15) is 0 Å². The second kappa shape index (κ2) is 6.97. The fourth-order valence-electron chi connectivity index (χ4n) is 3.22. The Balaban J connectivity index is 1.48. The number of likely N-dealkylation sites (tertiary alicyclic amines) is 1. The summed E-state index contributed by atoms with van der Waals surface area (Å²) in [5, 5.41) is 2.81. The number of fused-ring (bicyclic) bond motifs is 1. The number of imidazole rings is 1. The largest absolute Gasteiger partial charge is 0.324 e. The second-order valence-corrected chi connectivity index (χ2v) is 6.88. The number of hydrogen-bond donors (Lipinski definition) is 1. The van der Waals surface area contributed by atoms with E-state index in [0.29, 0.717) is 22.7 Å². The van der Waals surface area contributed by atoms with Crippen LogP contribution in [-0.2, 0) is 0 Å². The third-order valence-corrected chi connectivity index (χ3v) is 4.94. The fourth-order valence-corrected chi connectivity index (χ4v) is 3.22. The zero-order valence-corrected chi connectivity index (χ0v) is 15.4. The number of hydrogen-bond acceptors (Lipinski definition) is 4. The van der Waals surface area contributed by atoms with Crippen molar-refractivity contribution in [2.45, 2.75) is 6.42 Å². The van der Waals surface area contributed by atoms with Crippen LogP contribution < -0.4 is 5.32 Å². The van der Waals surface area contributed by atoms with Crippen LogP contribution in [0.4, 0.5) is 14.9 Å². The Morgan fingerprint density at radius 2 is 2.00 bits per heavy atom. The van der Waals surface area contributed by atoms with Crippen LogP contribution in [0.1, 0.15) is 6.42 Å². The zero-order chi connectivity index (χ0) is 19.8. The van der Waals surface area contributed by atoms with E-state index in [1.165, 1.54) is 6.07 Å². The van der Waals surface area contributed by atoms with Crippen molar-refractivity contribution in [3.8, 4) is 22.4 Å². The van der Waals surface area contributed by atoms with Gasteiger partial charge in [0.25, 0.3) is 0 Å². The lowest BCUT2D eigenvalue weighted by atomic mass is 10.1. The van der Waals surface area contributed by atoms with E-state index in [2.05, 4.69) is 20.3 Å². The average Bonchev–Trinajstić information content (AvgIpc) is 3.12. The molecular weight excluding hydrogens is 371 g/mol. The monoisotopic (exact) mass is 388 g/mol. The number of amides is 2. The molecular formula is C21H17FN6O. The van der Waals surface area contributed by atoms with Crippen LogP contribution in [0.15, 0.2) is 61.3 Å². The molecule has 0 bridgehead atoms. The molecule has 1 aliphatic rings. The number of anilines is 1. The van der Waals surface area contributed by atoms with E-state index in [0.717, 1.165) is 30.6 Å².